The summed E-state index contributed by atoms with van der Waals surface area (Å²) in [6.07, 6.45) is 1.16. The topological polar surface area (TPSA) is 55.3 Å². The lowest BCUT2D eigenvalue weighted by Gasteiger charge is -2.21. The number of guanidine groups is 1. The van der Waals surface area contributed by atoms with Crippen molar-refractivity contribution in [1.29, 1.82) is 0 Å². The molecule has 1 aliphatic heterocycles. The van der Waals surface area contributed by atoms with E-state index in [9.17, 15) is 0 Å². The quantitative estimate of drug-likeness (QED) is 0.421. The van der Waals surface area contributed by atoms with Crippen LogP contribution in [0.15, 0.2) is 29.3 Å². The first-order valence-corrected chi connectivity index (χ1v) is 9.01. The van der Waals surface area contributed by atoms with Crippen molar-refractivity contribution in [3.05, 3.63) is 29.8 Å². The second kappa shape index (κ2) is 10.9. The Labute approximate surface area is 151 Å². The van der Waals surface area contributed by atoms with Gasteiger partial charge >= 0.3 is 0 Å². The molecule has 6 heteroatoms. The van der Waals surface area contributed by atoms with Crippen molar-refractivity contribution in [2.75, 3.05) is 53.6 Å². The molecule has 1 unspecified atom stereocenters. The highest BCUT2D eigenvalue weighted by Crippen LogP contribution is 2.18. The molecule has 0 bridgehead atoms. The van der Waals surface area contributed by atoms with Crippen molar-refractivity contribution in [2.24, 2.45) is 10.9 Å². The van der Waals surface area contributed by atoms with Crippen molar-refractivity contribution >= 4 is 5.96 Å². The van der Waals surface area contributed by atoms with Crippen molar-refractivity contribution in [1.82, 2.24) is 10.2 Å². The number of methoxy groups -OCH3 is 1. The number of hydrogen-bond acceptors (Lipinski definition) is 4. The SMILES string of the molecule is CCOCC1CCN(C(=NC)NCCOCc2ccccc2OC)C1. The maximum absolute atomic E-state index is 5.76. The summed E-state index contributed by atoms with van der Waals surface area (Å²) < 4.78 is 16.6. The summed E-state index contributed by atoms with van der Waals surface area (Å²) in [6, 6.07) is 7.93. The number of likely N-dealkylation sites (tertiary alicyclic amines) is 1. The van der Waals surface area contributed by atoms with Crippen molar-refractivity contribution in [3.63, 3.8) is 0 Å². The van der Waals surface area contributed by atoms with E-state index < -0.39 is 0 Å². The Hall–Kier alpha value is -1.79. The van der Waals surface area contributed by atoms with Gasteiger partial charge in [-0.2, -0.15) is 0 Å². The van der Waals surface area contributed by atoms with Crippen molar-refractivity contribution < 1.29 is 14.2 Å². The Balaban J connectivity index is 1.66. The van der Waals surface area contributed by atoms with Gasteiger partial charge in [-0.3, -0.25) is 4.99 Å². The van der Waals surface area contributed by atoms with Crippen LogP contribution < -0.4 is 10.1 Å². The van der Waals surface area contributed by atoms with E-state index >= 15 is 0 Å². The van der Waals surface area contributed by atoms with E-state index in [1.54, 1.807) is 7.11 Å². The van der Waals surface area contributed by atoms with E-state index in [-0.39, 0.29) is 0 Å². The molecule has 1 aromatic rings. The first kappa shape index (κ1) is 19.5. The number of nitrogens with one attached hydrogen (secondary N) is 1. The van der Waals surface area contributed by atoms with E-state index in [0.717, 1.165) is 56.5 Å². The van der Waals surface area contributed by atoms with Gasteiger partial charge in [-0.15, -0.1) is 0 Å². The lowest BCUT2D eigenvalue weighted by atomic mass is 10.1. The summed E-state index contributed by atoms with van der Waals surface area (Å²) in [7, 11) is 3.51. The van der Waals surface area contributed by atoms with Gasteiger partial charge in [0.15, 0.2) is 5.96 Å². The molecule has 0 saturated carbocycles. The standard InChI is InChI=1S/C19H31N3O3/c1-4-24-14-16-9-11-22(13-16)19(20-2)21-10-12-25-15-17-7-5-6-8-18(17)23-3/h5-8,16H,4,9-15H2,1-3H3,(H,20,21). The lowest BCUT2D eigenvalue weighted by Crippen LogP contribution is -2.41. The van der Waals surface area contributed by atoms with E-state index in [1.165, 1.54) is 0 Å². The number of hydrogen-bond donors (Lipinski definition) is 1. The summed E-state index contributed by atoms with van der Waals surface area (Å²) in [4.78, 5) is 6.68. The number of rotatable bonds is 9. The highest BCUT2D eigenvalue weighted by atomic mass is 16.5. The van der Waals surface area contributed by atoms with Gasteiger partial charge in [0.2, 0.25) is 0 Å². The van der Waals surface area contributed by atoms with Gasteiger partial charge in [-0.1, -0.05) is 18.2 Å². The monoisotopic (exact) mass is 349 g/mol. The third-order valence-electron chi connectivity index (χ3n) is 4.33. The Morgan fingerprint density at radius 1 is 1.32 bits per heavy atom. The molecule has 140 valence electrons. The van der Waals surface area contributed by atoms with Crippen molar-refractivity contribution in [3.8, 4) is 5.75 Å². The molecule has 25 heavy (non-hydrogen) atoms. The average molecular weight is 349 g/mol. The van der Waals surface area contributed by atoms with Crippen LogP contribution in [0.1, 0.15) is 18.9 Å². The number of ether oxygens (including phenoxy) is 3. The molecule has 0 aliphatic carbocycles. The molecule has 1 fully saturated rings. The third kappa shape index (κ3) is 6.21. The molecular formula is C19H31N3O3. The first-order chi connectivity index (χ1) is 12.3. The van der Waals surface area contributed by atoms with Crippen LogP contribution in [0.2, 0.25) is 0 Å². The van der Waals surface area contributed by atoms with Crippen LogP contribution in [-0.2, 0) is 16.1 Å². The largest absolute Gasteiger partial charge is 0.496 e. The van der Waals surface area contributed by atoms with Crippen LogP contribution in [0.3, 0.4) is 0 Å². The summed E-state index contributed by atoms with van der Waals surface area (Å²) in [5.41, 5.74) is 1.06. The normalized spacial score (nSPS) is 17.8. The Morgan fingerprint density at radius 2 is 2.16 bits per heavy atom. The smallest absolute Gasteiger partial charge is 0.193 e. The van der Waals surface area contributed by atoms with Gasteiger partial charge in [-0.05, 0) is 19.4 Å². The fourth-order valence-corrected chi connectivity index (χ4v) is 3.02. The maximum atomic E-state index is 5.76. The summed E-state index contributed by atoms with van der Waals surface area (Å²) in [5, 5.41) is 3.38. The highest BCUT2D eigenvalue weighted by molar-refractivity contribution is 5.80. The van der Waals surface area contributed by atoms with Crippen LogP contribution in [-0.4, -0.2) is 64.5 Å². The molecule has 2 rings (SSSR count). The van der Waals surface area contributed by atoms with Crippen LogP contribution in [0, 0.1) is 5.92 Å². The highest BCUT2D eigenvalue weighted by Gasteiger charge is 2.24. The Bertz CT molecular complexity index is 536. The van der Waals surface area contributed by atoms with Gasteiger partial charge in [0.25, 0.3) is 0 Å². The number of nitrogens with zero attached hydrogens (tertiary/aromatic N) is 2. The Kier molecular flexibility index (Phi) is 8.55. The van der Waals surface area contributed by atoms with Crippen LogP contribution >= 0.6 is 0 Å². The number of aliphatic imine (C=N–C) groups is 1. The predicted molar refractivity (Wildman–Crippen MR) is 100 cm³/mol. The minimum absolute atomic E-state index is 0.546. The predicted octanol–water partition coefficient (Wildman–Crippen LogP) is 2.15. The Morgan fingerprint density at radius 3 is 2.92 bits per heavy atom. The molecule has 0 aromatic heterocycles. The molecule has 0 radical (unpaired) electrons. The fraction of sp³-hybridized carbons (Fsp3) is 0.632. The summed E-state index contributed by atoms with van der Waals surface area (Å²) in [5.74, 6) is 2.41. The van der Waals surface area contributed by atoms with Gasteiger partial charge in [0, 0.05) is 44.8 Å². The summed E-state index contributed by atoms with van der Waals surface area (Å²) in [6.45, 7) is 7.59. The fourth-order valence-electron chi connectivity index (χ4n) is 3.02. The minimum atomic E-state index is 0.546. The molecule has 1 atom stereocenters. The van der Waals surface area contributed by atoms with Gasteiger partial charge in [-0.25, -0.2) is 0 Å². The van der Waals surface area contributed by atoms with Gasteiger partial charge in [0.05, 0.1) is 26.9 Å². The molecule has 1 saturated heterocycles. The second-order valence-corrected chi connectivity index (χ2v) is 6.10. The second-order valence-electron chi connectivity index (χ2n) is 6.10. The third-order valence-corrected chi connectivity index (χ3v) is 4.33. The zero-order valence-electron chi connectivity index (χ0n) is 15.7. The molecule has 0 amide bonds. The van der Waals surface area contributed by atoms with Crippen LogP contribution in [0.5, 0.6) is 5.75 Å². The molecule has 1 heterocycles. The minimum Gasteiger partial charge on any atom is -0.496 e. The molecule has 1 N–H and O–H groups in total. The van der Waals surface area contributed by atoms with Gasteiger partial charge < -0.3 is 24.4 Å². The van der Waals surface area contributed by atoms with E-state index in [1.807, 2.05) is 38.2 Å². The number of para-hydroxylation sites is 1. The van der Waals surface area contributed by atoms with E-state index in [2.05, 4.69) is 15.2 Å². The van der Waals surface area contributed by atoms with Crippen LogP contribution in [0.25, 0.3) is 0 Å². The van der Waals surface area contributed by atoms with Crippen LogP contribution in [0.4, 0.5) is 0 Å². The maximum Gasteiger partial charge on any atom is 0.193 e. The van der Waals surface area contributed by atoms with Crippen molar-refractivity contribution in [2.45, 2.75) is 20.0 Å². The van der Waals surface area contributed by atoms with Gasteiger partial charge in [0.1, 0.15) is 5.75 Å². The summed E-state index contributed by atoms with van der Waals surface area (Å²) >= 11 is 0. The van der Waals surface area contributed by atoms with E-state index in [0.29, 0.717) is 19.1 Å². The molecule has 1 aromatic carbocycles. The zero-order chi connectivity index (χ0) is 17.9. The molecule has 0 spiro atoms. The molecule has 6 nitrogen and oxygen atoms in total. The average Bonchev–Trinajstić information content (AvgIpc) is 3.12. The number of benzene rings is 1. The molecular weight excluding hydrogens is 318 g/mol. The first-order valence-electron chi connectivity index (χ1n) is 9.01. The van der Waals surface area contributed by atoms with E-state index in [4.69, 9.17) is 14.2 Å². The zero-order valence-corrected chi connectivity index (χ0v) is 15.7. The molecule has 1 aliphatic rings. The lowest BCUT2D eigenvalue weighted by molar-refractivity contribution is 0.114.